The van der Waals surface area contributed by atoms with Crippen molar-refractivity contribution in [3.63, 3.8) is 0 Å². The lowest BCUT2D eigenvalue weighted by Gasteiger charge is -2.24. The van der Waals surface area contributed by atoms with Crippen LogP contribution in [-0.4, -0.2) is 19.0 Å². The molecule has 2 amide bonds. The smallest absolute Gasteiger partial charge is 0.328 e. The molecule has 6 heteroatoms. The number of rotatable bonds is 4. The average molecular weight is 326 g/mol. The van der Waals surface area contributed by atoms with Crippen LogP contribution in [0.3, 0.4) is 0 Å². The van der Waals surface area contributed by atoms with Crippen molar-refractivity contribution in [2.45, 2.75) is 20.5 Å². The summed E-state index contributed by atoms with van der Waals surface area (Å²) < 4.78 is 5.83. The maximum atomic E-state index is 12.0. The van der Waals surface area contributed by atoms with E-state index in [1.807, 2.05) is 56.3 Å². The summed E-state index contributed by atoms with van der Waals surface area (Å²) in [7, 11) is 1.50. The number of nitrogens with zero attached hydrogens (tertiary/aromatic N) is 1. The zero-order chi connectivity index (χ0) is 17.7. The van der Waals surface area contributed by atoms with Gasteiger partial charge in [0.15, 0.2) is 0 Å². The molecular formula is C18H22N4O2. The van der Waals surface area contributed by atoms with Crippen molar-refractivity contribution in [2.24, 2.45) is 5.73 Å². The van der Waals surface area contributed by atoms with E-state index in [2.05, 4.69) is 5.32 Å². The Kier molecular flexibility index (Phi) is 5.42. The van der Waals surface area contributed by atoms with Gasteiger partial charge in [0.2, 0.25) is 5.96 Å². The highest BCUT2D eigenvalue weighted by Crippen LogP contribution is 2.30. The molecule has 0 unspecified atom stereocenters. The van der Waals surface area contributed by atoms with Gasteiger partial charge in [0.05, 0.1) is 5.69 Å². The Balaban J connectivity index is 2.27. The van der Waals surface area contributed by atoms with Crippen LogP contribution in [0.1, 0.15) is 16.7 Å². The van der Waals surface area contributed by atoms with E-state index < -0.39 is 6.03 Å². The molecule has 0 fully saturated rings. The molecule has 0 aliphatic carbocycles. The van der Waals surface area contributed by atoms with Gasteiger partial charge in [-0.3, -0.25) is 5.41 Å². The quantitative estimate of drug-likeness (QED) is 0.596. The summed E-state index contributed by atoms with van der Waals surface area (Å²) in [5.41, 5.74) is 8.85. The van der Waals surface area contributed by atoms with Gasteiger partial charge in [0, 0.05) is 7.05 Å². The van der Waals surface area contributed by atoms with E-state index >= 15 is 0 Å². The van der Waals surface area contributed by atoms with Crippen molar-refractivity contribution in [1.82, 2.24) is 5.32 Å². The number of amides is 2. The normalized spacial score (nSPS) is 10.1. The number of urea groups is 1. The van der Waals surface area contributed by atoms with Gasteiger partial charge in [0.1, 0.15) is 12.4 Å². The minimum absolute atomic E-state index is 0.335. The first-order valence-electron chi connectivity index (χ1n) is 7.58. The van der Waals surface area contributed by atoms with Crippen LogP contribution in [-0.2, 0) is 6.61 Å². The first kappa shape index (κ1) is 17.3. The van der Waals surface area contributed by atoms with Crippen molar-refractivity contribution in [3.05, 3.63) is 59.2 Å². The molecule has 0 atom stereocenters. The molecule has 2 rings (SSSR count). The van der Waals surface area contributed by atoms with Crippen molar-refractivity contribution in [2.75, 3.05) is 11.9 Å². The molecule has 0 aliphatic heterocycles. The molecule has 0 spiro atoms. The fourth-order valence-corrected chi connectivity index (χ4v) is 2.54. The van der Waals surface area contributed by atoms with Crippen LogP contribution in [0.4, 0.5) is 10.5 Å². The molecule has 2 aromatic rings. The number of ether oxygens (including phenoxy) is 1. The van der Waals surface area contributed by atoms with Gasteiger partial charge >= 0.3 is 6.03 Å². The van der Waals surface area contributed by atoms with E-state index in [-0.39, 0.29) is 5.96 Å². The summed E-state index contributed by atoms with van der Waals surface area (Å²) in [4.78, 5) is 13.2. The largest absolute Gasteiger partial charge is 0.489 e. The summed E-state index contributed by atoms with van der Waals surface area (Å²) in [5, 5.41) is 10.2. The van der Waals surface area contributed by atoms with E-state index in [0.29, 0.717) is 18.0 Å². The van der Waals surface area contributed by atoms with Crippen LogP contribution in [0.2, 0.25) is 0 Å². The van der Waals surface area contributed by atoms with E-state index in [1.54, 1.807) is 0 Å². The molecule has 0 aliphatic rings. The molecule has 24 heavy (non-hydrogen) atoms. The number of carbonyl (C=O) groups is 1. The molecule has 4 N–H and O–H groups in total. The summed E-state index contributed by atoms with van der Waals surface area (Å²) in [6.07, 6.45) is 0. The van der Waals surface area contributed by atoms with Gasteiger partial charge in [-0.15, -0.1) is 0 Å². The fraction of sp³-hybridized carbons (Fsp3) is 0.222. The predicted octanol–water partition coefficient (Wildman–Crippen LogP) is 2.92. The topological polar surface area (TPSA) is 91.4 Å². The van der Waals surface area contributed by atoms with Crippen LogP contribution in [0.25, 0.3) is 0 Å². The maximum Gasteiger partial charge on any atom is 0.328 e. The van der Waals surface area contributed by atoms with Gasteiger partial charge in [-0.2, -0.15) is 0 Å². The molecule has 6 nitrogen and oxygen atoms in total. The summed E-state index contributed by atoms with van der Waals surface area (Å²) in [6, 6.07) is 13.1. The number of benzene rings is 2. The third-order valence-electron chi connectivity index (χ3n) is 3.59. The number of carbonyl (C=O) groups excluding carboxylic acids is 1. The Bertz CT molecular complexity index is 721. The third-order valence-corrected chi connectivity index (χ3v) is 3.59. The maximum absolute atomic E-state index is 12.0. The van der Waals surface area contributed by atoms with Crippen LogP contribution in [0.15, 0.2) is 42.5 Å². The highest BCUT2D eigenvalue weighted by molar-refractivity contribution is 6.14. The fourth-order valence-electron chi connectivity index (χ4n) is 2.54. The van der Waals surface area contributed by atoms with E-state index in [1.165, 1.54) is 7.05 Å². The van der Waals surface area contributed by atoms with E-state index in [4.69, 9.17) is 15.9 Å². The number of anilines is 1. The Morgan fingerprint density at radius 1 is 1.21 bits per heavy atom. The number of nitrogens with one attached hydrogen (secondary N) is 2. The minimum atomic E-state index is -0.452. The van der Waals surface area contributed by atoms with Crippen molar-refractivity contribution >= 4 is 17.7 Å². The molecule has 2 aromatic carbocycles. The second-order valence-electron chi connectivity index (χ2n) is 5.46. The Morgan fingerprint density at radius 3 is 2.29 bits per heavy atom. The van der Waals surface area contributed by atoms with Gasteiger partial charge in [-0.1, -0.05) is 30.3 Å². The lowest BCUT2D eigenvalue weighted by Crippen LogP contribution is -2.46. The van der Waals surface area contributed by atoms with Gasteiger partial charge in [-0.05, 0) is 42.7 Å². The van der Waals surface area contributed by atoms with Crippen molar-refractivity contribution < 1.29 is 9.53 Å². The summed E-state index contributed by atoms with van der Waals surface area (Å²) >= 11 is 0. The number of hydrogen-bond donors (Lipinski definition) is 3. The second kappa shape index (κ2) is 7.50. The minimum Gasteiger partial charge on any atom is -0.489 e. The monoisotopic (exact) mass is 326 g/mol. The number of guanidine groups is 1. The molecule has 0 saturated heterocycles. The molecule has 0 heterocycles. The number of hydrogen-bond acceptors (Lipinski definition) is 3. The average Bonchev–Trinajstić information content (AvgIpc) is 2.56. The molecule has 126 valence electrons. The molecule has 0 bridgehead atoms. The lowest BCUT2D eigenvalue weighted by atomic mass is 10.1. The Morgan fingerprint density at radius 2 is 1.79 bits per heavy atom. The Hall–Kier alpha value is -3.02. The van der Waals surface area contributed by atoms with Crippen LogP contribution >= 0.6 is 0 Å². The first-order valence-corrected chi connectivity index (χ1v) is 7.58. The first-order chi connectivity index (χ1) is 11.4. The summed E-state index contributed by atoms with van der Waals surface area (Å²) in [6.45, 7) is 4.18. The molecule has 0 aromatic heterocycles. The van der Waals surface area contributed by atoms with Gasteiger partial charge in [-0.25, -0.2) is 9.69 Å². The van der Waals surface area contributed by atoms with Crippen LogP contribution < -0.4 is 20.7 Å². The highest BCUT2D eigenvalue weighted by Gasteiger charge is 2.22. The third kappa shape index (κ3) is 3.84. The summed E-state index contributed by atoms with van der Waals surface area (Å²) in [5.74, 6) is 0.372. The number of aryl methyl sites for hydroxylation is 2. The predicted molar refractivity (Wildman–Crippen MR) is 95.5 cm³/mol. The Labute approximate surface area is 141 Å². The SMILES string of the molecule is CNC(=O)N(C(=N)N)c1c(C)cc(OCc2ccccc2)cc1C. The van der Waals surface area contributed by atoms with Crippen molar-refractivity contribution in [1.29, 1.82) is 5.41 Å². The highest BCUT2D eigenvalue weighted by atomic mass is 16.5. The number of nitrogens with two attached hydrogens (primary N) is 1. The van der Waals surface area contributed by atoms with Crippen LogP contribution in [0.5, 0.6) is 5.75 Å². The van der Waals surface area contributed by atoms with E-state index in [0.717, 1.165) is 21.6 Å². The van der Waals surface area contributed by atoms with Gasteiger partial charge < -0.3 is 15.8 Å². The van der Waals surface area contributed by atoms with Crippen LogP contribution in [0, 0.1) is 19.3 Å². The van der Waals surface area contributed by atoms with Crippen molar-refractivity contribution in [3.8, 4) is 5.75 Å². The molecule has 0 saturated carbocycles. The standard InChI is InChI=1S/C18H22N4O2/c1-12-9-15(24-11-14-7-5-4-6-8-14)10-13(2)16(12)22(17(19)20)18(23)21-3/h4-10H,11H2,1-3H3,(H3,19,20)(H,21,23). The zero-order valence-electron chi connectivity index (χ0n) is 14.1. The second-order valence-corrected chi connectivity index (χ2v) is 5.46. The van der Waals surface area contributed by atoms with E-state index in [9.17, 15) is 4.79 Å². The lowest BCUT2D eigenvalue weighted by molar-refractivity contribution is 0.251. The zero-order valence-corrected chi connectivity index (χ0v) is 14.1. The molecule has 0 radical (unpaired) electrons. The molecular weight excluding hydrogens is 304 g/mol. The van der Waals surface area contributed by atoms with Gasteiger partial charge in [0.25, 0.3) is 0 Å².